The number of benzene rings is 6. The van der Waals surface area contributed by atoms with E-state index < -0.39 is 28.5 Å². The van der Waals surface area contributed by atoms with Crippen molar-refractivity contribution in [1.29, 1.82) is 0 Å². The molecule has 3 amide bonds. The van der Waals surface area contributed by atoms with E-state index in [4.69, 9.17) is 68.0 Å². The number of hydrogen-bond donors (Lipinski definition) is 1. The predicted molar refractivity (Wildman–Crippen MR) is 369 cm³/mol. The summed E-state index contributed by atoms with van der Waals surface area (Å²) in [5.41, 5.74) is 6.72. The molecular formula is C74H69Cl3F2N10O11. The number of aryl methyl sites for hydroxylation is 2. The number of fused-ring (bicyclic) bond motifs is 12. The lowest BCUT2D eigenvalue weighted by molar-refractivity contribution is -0.00999. The van der Waals surface area contributed by atoms with Gasteiger partial charge in [-0.1, -0.05) is 46.9 Å². The Bertz CT molecular complexity index is 4830. The molecule has 0 atom stereocenters. The minimum atomic E-state index is -0.683. The number of aliphatic hydroxyl groups is 1. The predicted octanol–water partition coefficient (Wildman–Crippen LogP) is 13.3. The van der Waals surface area contributed by atoms with Crippen LogP contribution in [0.1, 0.15) is 98.2 Å². The monoisotopic (exact) mass is 1420 g/mol. The van der Waals surface area contributed by atoms with Gasteiger partial charge in [0.05, 0.1) is 91.5 Å². The molecule has 10 heterocycles. The maximum atomic E-state index is 14.6. The zero-order valence-corrected chi connectivity index (χ0v) is 57.7. The van der Waals surface area contributed by atoms with E-state index in [0.29, 0.717) is 133 Å². The summed E-state index contributed by atoms with van der Waals surface area (Å²) in [6.07, 6.45) is 9.41. The van der Waals surface area contributed by atoms with Crippen molar-refractivity contribution >= 4 is 52.5 Å². The van der Waals surface area contributed by atoms with Gasteiger partial charge in [-0.05, 0) is 97.9 Å². The number of methoxy groups -OCH3 is 4. The van der Waals surface area contributed by atoms with Crippen LogP contribution in [0.2, 0.25) is 15.1 Å². The second-order valence-electron chi connectivity index (χ2n) is 25.1. The molecule has 0 radical (unpaired) electrons. The maximum absolute atomic E-state index is 14.6. The average molecular weight is 1420 g/mol. The molecule has 3 fully saturated rings. The molecule has 21 nitrogen and oxygen atoms in total. The van der Waals surface area contributed by atoms with Crippen molar-refractivity contribution in [1.82, 2.24) is 48.4 Å². The summed E-state index contributed by atoms with van der Waals surface area (Å²) < 4.78 is 76.6. The highest BCUT2D eigenvalue weighted by Crippen LogP contribution is 2.51. The Labute approximate surface area is 589 Å². The number of carbonyl (C=O) groups excluding carboxylic acids is 3. The van der Waals surface area contributed by atoms with Gasteiger partial charge in [-0.25, -0.2) is 18.4 Å². The van der Waals surface area contributed by atoms with E-state index in [9.17, 15) is 28.3 Å². The minimum Gasteiger partial charge on any atom is -0.496 e. The maximum Gasteiger partial charge on any atom is 0.293 e. The molecule has 6 aliphatic rings. The quantitative estimate of drug-likeness (QED) is 0.143. The van der Waals surface area contributed by atoms with Crippen LogP contribution < -0.4 is 33.2 Å². The average Bonchev–Trinajstić information content (AvgIpc) is 1.39. The van der Waals surface area contributed by atoms with Crippen LogP contribution in [0.25, 0.3) is 28.3 Å². The van der Waals surface area contributed by atoms with Crippen molar-refractivity contribution in [2.24, 2.45) is 7.05 Å². The van der Waals surface area contributed by atoms with Crippen LogP contribution >= 0.6 is 34.8 Å². The molecule has 0 bridgehead atoms. The van der Waals surface area contributed by atoms with Crippen LogP contribution in [-0.2, 0) is 30.5 Å². The molecule has 0 unspecified atom stereocenters. The summed E-state index contributed by atoms with van der Waals surface area (Å²) in [6.45, 7) is 4.35. The number of likely N-dealkylation sites (tertiary alicyclic amines) is 3. The Morgan fingerprint density at radius 1 is 0.560 bits per heavy atom. The summed E-state index contributed by atoms with van der Waals surface area (Å²) in [7, 11) is 7.83. The van der Waals surface area contributed by atoms with E-state index in [1.165, 1.54) is 46.6 Å². The normalized spacial score (nSPS) is 16.1. The minimum absolute atomic E-state index is 0.0704. The van der Waals surface area contributed by atoms with Crippen LogP contribution in [0.5, 0.6) is 40.2 Å². The van der Waals surface area contributed by atoms with Gasteiger partial charge in [0, 0.05) is 148 Å². The fourth-order valence-electron chi connectivity index (χ4n) is 14.5. The summed E-state index contributed by atoms with van der Waals surface area (Å²) in [5, 5.41) is 20.3. The van der Waals surface area contributed by atoms with E-state index in [0.717, 1.165) is 57.1 Å². The number of ether oxygens (including phenoxy) is 7. The van der Waals surface area contributed by atoms with E-state index in [1.807, 2.05) is 89.5 Å². The fraction of sp³-hybridized carbons (Fsp3) is 0.297. The number of amides is 3. The van der Waals surface area contributed by atoms with Crippen molar-refractivity contribution in [3.8, 4) is 68.6 Å². The zero-order valence-electron chi connectivity index (χ0n) is 55.4. The molecule has 4 aromatic heterocycles. The van der Waals surface area contributed by atoms with E-state index in [-0.39, 0.29) is 47.1 Å². The molecule has 6 aromatic carbocycles. The summed E-state index contributed by atoms with van der Waals surface area (Å²) in [6, 6.07) is 37.1. The summed E-state index contributed by atoms with van der Waals surface area (Å²) in [5.74, 6) is 2.37. The number of aromatic nitrogens is 7. The number of aliphatic hydroxyl groups excluding tert-OH is 1. The SMILES string of the molecule is COc1cc(F)c(C(=O)N2CCC3(CC2)Oc2cc(F)ccc2-n2cccc23)cc1OC.COc1cc(OC)c(C(=O)N2CCC3(CC2)Oc2cc(Cl)ccc2-n2cccc23)cc1CO.Cc1nc(C(=O)N2CCC3(CC2)Oc2ccccc2-c2c3cnn2C)nn1-c1ccc(Cl)cc1Cl. The van der Waals surface area contributed by atoms with Crippen LogP contribution in [0, 0.1) is 18.6 Å². The summed E-state index contributed by atoms with van der Waals surface area (Å²) in [4.78, 5) is 49.5. The first-order valence-corrected chi connectivity index (χ1v) is 33.6. The van der Waals surface area contributed by atoms with E-state index in [1.54, 1.807) is 62.7 Å². The smallest absolute Gasteiger partial charge is 0.293 e. The molecule has 16 rings (SSSR count). The third-order valence-electron chi connectivity index (χ3n) is 19.7. The van der Waals surface area contributed by atoms with Gasteiger partial charge in [-0.15, -0.1) is 5.10 Å². The second kappa shape index (κ2) is 26.9. The van der Waals surface area contributed by atoms with Crippen molar-refractivity contribution < 1.29 is 61.4 Å². The number of carbonyl (C=O) groups is 3. The molecule has 3 spiro atoms. The van der Waals surface area contributed by atoms with Gasteiger partial charge in [0.2, 0.25) is 5.82 Å². The van der Waals surface area contributed by atoms with Crippen LogP contribution in [0.15, 0.2) is 146 Å². The molecule has 0 aliphatic carbocycles. The lowest BCUT2D eigenvalue weighted by atomic mass is 9.81. The van der Waals surface area contributed by atoms with Crippen molar-refractivity contribution in [2.45, 2.75) is 68.9 Å². The number of rotatable bonds is 9. The lowest BCUT2D eigenvalue weighted by Crippen LogP contribution is -2.50. The first-order valence-electron chi connectivity index (χ1n) is 32.5. The lowest BCUT2D eigenvalue weighted by Gasteiger charge is -2.45. The highest BCUT2D eigenvalue weighted by Gasteiger charge is 2.49. The zero-order chi connectivity index (χ0) is 69.9. The topological polar surface area (TPSA) is 204 Å². The van der Waals surface area contributed by atoms with E-state index >= 15 is 0 Å². The fourth-order valence-corrected chi connectivity index (χ4v) is 15.2. The molecule has 6 aliphatic heterocycles. The van der Waals surface area contributed by atoms with Crippen molar-refractivity contribution in [2.75, 3.05) is 67.7 Å². The van der Waals surface area contributed by atoms with Crippen LogP contribution in [0.3, 0.4) is 0 Å². The Hall–Kier alpha value is -10.1. The highest BCUT2D eigenvalue weighted by molar-refractivity contribution is 6.35. The number of halogens is 5. The van der Waals surface area contributed by atoms with Gasteiger partial charge in [0.25, 0.3) is 17.7 Å². The molecule has 10 aromatic rings. The van der Waals surface area contributed by atoms with Gasteiger partial charge < -0.3 is 62.1 Å². The van der Waals surface area contributed by atoms with Gasteiger partial charge in [-0.2, -0.15) is 5.10 Å². The number of piperidine rings is 3. The van der Waals surface area contributed by atoms with Gasteiger partial charge in [0.1, 0.15) is 51.8 Å². The Morgan fingerprint density at radius 3 is 1.69 bits per heavy atom. The number of hydrogen-bond acceptors (Lipinski definition) is 14. The molecule has 0 saturated carbocycles. The summed E-state index contributed by atoms with van der Waals surface area (Å²) >= 11 is 18.6. The van der Waals surface area contributed by atoms with Gasteiger partial charge in [-0.3, -0.25) is 19.1 Å². The standard InChI is InChI=1S/C25H22Cl2N6O2.C25H25ClN2O5.C24H22F2N2O4/c1-15-29-23(30-33(15)20-8-7-16(26)13-19(20)27)24(34)32-11-9-25(10-12-32)18-14-28-31(2)22(18)17-5-3-4-6-21(17)35-25;1-31-20-14-21(32-2)18(12-16(20)15-29)24(30)27-10-7-25(8-11-27)23-4-3-9-28(23)19-6-5-17(26)13-22(19)33-25;1-30-20-13-16(17(26)14-21(20)31-2)23(29)27-10-7-24(8-11-27)22-4-3-9-28(22)18-6-5-15(25)12-19(18)32-24/h3-8,13-14H,9-12H2,1-2H3;3-6,9,12-14,29H,7-8,10-11,15H2,1-2H3;3-6,9,12-14H,7-8,10-11H2,1-2H3. The molecule has 1 N–H and O–H groups in total. The Kier molecular flexibility index (Phi) is 18.0. The molecule has 516 valence electrons. The van der Waals surface area contributed by atoms with E-state index in [2.05, 4.69) is 31.9 Å². The van der Waals surface area contributed by atoms with Crippen molar-refractivity contribution in [3.63, 3.8) is 0 Å². The Morgan fingerprint density at radius 2 is 1.09 bits per heavy atom. The molecule has 100 heavy (non-hydrogen) atoms. The van der Waals surface area contributed by atoms with Crippen LogP contribution in [-0.4, -0.2) is 139 Å². The van der Waals surface area contributed by atoms with Crippen molar-refractivity contribution in [3.05, 3.63) is 218 Å². The first-order chi connectivity index (χ1) is 48.3. The third kappa shape index (κ3) is 11.9. The molecule has 26 heteroatoms. The molecule has 3 saturated heterocycles. The molecular weight excluding hydrogens is 1350 g/mol. The number of nitrogens with zero attached hydrogens (tertiary/aromatic N) is 10. The highest BCUT2D eigenvalue weighted by atomic mass is 35.5. The van der Waals surface area contributed by atoms with Gasteiger partial charge >= 0.3 is 0 Å². The Balaban J connectivity index is 0.000000128. The van der Waals surface area contributed by atoms with Crippen LogP contribution in [0.4, 0.5) is 8.78 Å². The first kappa shape index (κ1) is 67.1. The number of para-hydroxylation sites is 1. The second-order valence-corrected chi connectivity index (χ2v) is 26.4. The third-order valence-corrected chi connectivity index (χ3v) is 20.4. The largest absolute Gasteiger partial charge is 0.496 e. The van der Waals surface area contributed by atoms with Gasteiger partial charge in [0.15, 0.2) is 22.7 Å².